The molecule has 0 bridgehead atoms. The molecule has 4 N–H and O–H groups in total. The van der Waals surface area contributed by atoms with Crippen LogP contribution in [-0.2, 0) is 6.54 Å². The highest BCUT2D eigenvalue weighted by Gasteiger charge is 2.20. The first-order valence-corrected chi connectivity index (χ1v) is 14.0. The highest BCUT2D eigenvalue weighted by Crippen LogP contribution is 2.32. The van der Waals surface area contributed by atoms with Crippen molar-refractivity contribution in [2.75, 3.05) is 13.1 Å². The van der Waals surface area contributed by atoms with Crippen LogP contribution in [0.2, 0.25) is 0 Å². The van der Waals surface area contributed by atoms with Crippen LogP contribution in [0, 0.1) is 12.8 Å². The van der Waals surface area contributed by atoms with Crippen LogP contribution in [0.5, 0.6) is 0 Å². The van der Waals surface area contributed by atoms with Gasteiger partial charge in [0.05, 0.1) is 34.7 Å². The largest absolute Gasteiger partial charge is 0.341 e. The van der Waals surface area contributed by atoms with Gasteiger partial charge >= 0.3 is 0 Å². The Morgan fingerprint density at radius 3 is 2.33 bits per heavy atom. The van der Waals surface area contributed by atoms with Crippen molar-refractivity contribution in [3.8, 4) is 35.1 Å². The van der Waals surface area contributed by atoms with Crippen molar-refractivity contribution in [3.05, 3.63) is 84.4 Å². The molecular formula is C34H34N6. The first kappa shape index (κ1) is 25.8. The molecule has 1 atom stereocenters. The SMILES string of the molecule is C#C.CCCNCc1nc2ccc(-c3ccc(-c4ccc5c(ccc6[nH]c([C@@H]7CCCN7)nc65)c4)cc3)cc2[nH]1. The van der Waals surface area contributed by atoms with Gasteiger partial charge in [0.1, 0.15) is 11.6 Å². The Morgan fingerprint density at radius 1 is 0.825 bits per heavy atom. The first-order valence-electron chi connectivity index (χ1n) is 14.0. The summed E-state index contributed by atoms with van der Waals surface area (Å²) in [5.74, 6) is 2.04. The van der Waals surface area contributed by atoms with Gasteiger partial charge in [-0.25, -0.2) is 9.97 Å². The number of terminal acetylenes is 1. The molecule has 0 unspecified atom stereocenters. The van der Waals surface area contributed by atoms with E-state index in [-0.39, 0.29) is 0 Å². The van der Waals surface area contributed by atoms with Gasteiger partial charge in [-0.3, -0.25) is 0 Å². The van der Waals surface area contributed by atoms with E-state index >= 15 is 0 Å². The van der Waals surface area contributed by atoms with Crippen molar-refractivity contribution in [2.45, 2.75) is 38.8 Å². The Morgan fingerprint density at radius 2 is 1.57 bits per heavy atom. The number of aromatic nitrogens is 4. The van der Waals surface area contributed by atoms with Gasteiger partial charge in [0.15, 0.2) is 0 Å². The zero-order valence-electron chi connectivity index (χ0n) is 22.8. The summed E-state index contributed by atoms with van der Waals surface area (Å²) in [5.41, 5.74) is 9.06. The van der Waals surface area contributed by atoms with E-state index in [9.17, 15) is 0 Å². The third-order valence-electron chi connectivity index (χ3n) is 7.68. The zero-order chi connectivity index (χ0) is 27.5. The van der Waals surface area contributed by atoms with E-state index in [4.69, 9.17) is 9.97 Å². The lowest BCUT2D eigenvalue weighted by Crippen LogP contribution is -2.14. The topological polar surface area (TPSA) is 81.4 Å². The fourth-order valence-corrected chi connectivity index (χ4v) is 5.65. The molecule has 6 aromatic rings. The molecule has 1 saturated heterocycles. The summed E-state index contributed by atoms with van der Waals surface area (Å²) < 4.78 is 0. The Bertz CT molecular complexity index is 1780. The summed E-state index contributed by atoms with van der Waals surface area (Å²) in [7, 11) is 0. The number of benzene rings is 4. The Balaban J connectivity index is 0.00000142. The summed E-state index contributed by atoms with van der Waals surface area (Å²) in [5, 5.41) is 9.37. The summed E-state index contributed by atoms with van der Waals surface area (Å²) in [6, 6.07) is 26.7. The lowest BCUT2D eigenvalue weighted by molar-refractivity contribution is 0.614. The van der Waals surface area contributed by atoms with Crippen molar-refractivity contribution in [1.82, 2.24) is 30.6 Å². The molecule has 1 fully saturated rings. The minimum absolute atomic E-state index is 0.342. The maximum absolute atomic E-state index is 4.98. The van der Waals surface area contributed by atoms with Crippen LogP contribution in [0.4, 0.5) is 0 Å². The number of nitrogens with one attached hydrogen (secondary N) is 4. The van der Waals surface area contributed by atoms with Gasteiger partial charge in [-0.05, 0) is 84.3 Å². The second-order valence-electron chi connectivity index (χ2n) is 10.3. The number of fused-ring (bicyclic) bond motifs is 4. The molecule has 3 heterocycles. The molecule has 40 heavy (non-hydrogen) atoms. The normalized spacial score (nSPS) is 15.0. The average Bonchev–Trinajstić information content (AvgIpc) is 3.77. The smallest absolute Gasteiger partial charge is 0.124 e. The zero-order valence-corrected chi connectivity index (χ0v) is 22.8. The predicted octanol–water partition coefficient (Wildman–Crippen LogP) is 7.10. The van der Waals surface area contributed by atoms with Crippen LogP contribution in [0.3, 0.4) is 0 Å². The van der Waals surface area contributed by atoms with Crippen molar-refractivity contribution in [3.63, 3.8) is 0 Å². The number of aromatic amines is 2. The summed E-state index contributed by atoms with van der Waals surface area (Å²) in [6.45, 7) is 5.01. The number of hydrogen-bond donors (Lipinski definition) is 4. The van der Waals surface area contributed by atoms with E-state index in [1.54, 1.807) is 0 Å². The van der Waals surface area contributed by atoms with Gasteiger partial charge in [-0.15, -0.1) is 12.8 Å². The third kappa shape index (κ3) is 4.98. The van der Waals surface area contributed by atoms with Gasteiger partial charge in [-0.2, -0.15) is 0 Å². The van der Waals surface area contributed by atoms with E-state index in [0.717, 1.165) is 66.2 Å². The number of imidazole rings is 2. The van der Waals surface area contributed by atoms with E-state index in [0.29, 0.717) is 6.04 Å². The highest BCUT2D eigenvalue weighted by atomic mass is 15.0. The van der Waals surface area contributed by atoms with Gasteiger partial charge in [0, 0.05) is 5.39 Å². The maximum Gasteiger partial charge on any atom is 0.124 e. The molecule has 6 heteroatoms. The molecule has 0 aliphatic carbocycles. The van der Waals surface area contributed by atoms with Crippen molar-refractivity contribution in [2.24, 2.45) is 0 Å². The van der Waals surface area contributed by atoms with Crippen LogP contribution in [0.1, 0.15) is 43.9 Å². The minimum atomic E-state index is 0.342. The van der Waals surface area contributed by atoms with E-state index in [1.165, 1.54) is 39.4 Å². The lowest BCUT2D eigenvalue weighted by Gasteiger charge is -2.07. The van der Waals surface area contributed by atoms with Crippen LogP contribution in [0.25, 0.3) is 55.1 Å². The molecule has 1 aliphatic rings. The van der Waals surface area contributed by atoms with Gasteiger partial charge in [0.2, 0.25) is 0 Å². The summed E-state index contributed by atoms with van der Waals surface area (Å²) in [4.78, 5) is 16.7. The fourth-order valence-electron chi connectivity index (χ4n) is 5.65. The predicted molar refractivity (Wildman–Crippen MR) is 166 cm³/mol. The Hall–Kier alpha value is -4.44. The Kier molecular flexibility index (Phi) is 7.33. The molecule has 1 aliphatic heterocycles. The maximum atomic E-state index is 4.98. The van der Waals surface area contributed by atoms with Crippen molar-refractivity contribution >= 4 is 32.8 Å². The number of H-pyrrole nitrogens is 2. The fraction of sp³-hybridized carbons (Fsp3) is 0.235. The minimum Gasteiger partial charge on any atom is -0.341 e. The average molecular weight is 527 g/mol. The first-order chi connectivity index (χ1) is 19.7. The second kappa shape index (κ2) is 11.4. The number of nitrogens with zero attached hydrogens (tertiary/aromatic N) is 2. The second-order valence-corrected chi connectivity index (χ2v) is 10.3. The molecule has 2 aromatic heterocycles. The molecule has 200 valence electrons. The van der Waals surface area contributed by atoms with Crippen LogP contribution in [0.15, 0.2) is 72.8 Å². The quantitative estimate of drug-likeness (QED) is 0.132. The molecule has 0 spiro atoms. The molecule has 0 radical (unpaired) electrons. The summed E-state index contributed by atoms with van der Waals surface area (Å²) in [6.07, 6.45) is 11.5. The molecule has 4 aromatic carbocycles. The molecular weight excluding hydrogens is 492 g/mol. The van der Waals surface area contributed by atoms with E-state index in [1.807, 2.05) is 0 Å². The highest BCUT2D eigenvalue weighted by molar-refractivity contribution is 6.05. The molecule has 0 saturated carbocycles. The van der Waals surface area contributed by atoms with Gasteiger partial charge in [0.25, 0.3) is 0 Å². The van der Waals surface area contributed by atoms with Gasteiger partial charge in [-0.1, -0.05) is 55.5 Å². The van der Waals surface area contributed by atoms with E-state index < -0.39 is 0 Å². The monoisotopic (exact) mass is 526 g/mol. The van der Waals surface area contributed by atoms with Crippen molar-refractivity contribution in [1.29, 1.82) is 0 Å². The lowest BCUT2D eigenvalue weighted by atomic mass is 9.98. The van der Waals surface area contributed by atoms with Crippen LogP contribution in [-0.4, -0.2) is 33.0 Å². The van der Waals surface area contributed by atoms with E-state index in [2.05, 4.69) is 113 Å². The molecule has 0 amide bonds. The summed E-state index contributed by atoms with van der Waals surface area (Å²) >= 11 is 0. The number of rotatable bonds is 7. The molecule has 6 nitrogen and oxygen atoms in total. The Labute approximate surface area is 234 Å². The standard InChI is InChI=1S/C32H32N6.C2H2/c1-2-15-33-19-30-35-26-13-10-23(18-29(26)36-30)21-7-5-20(6-8-21)22-9-12-25-24(17-22)11-14-27-31(25)38-32(37-27)28-4-3-16-34-28;1-2/h5-14,17-18,28,33-34H,2-4,15-16,19H2,1H3,(H,35,36)(H,37,38);1-2H/t28-;/m0./s1. The van der Waals surface area contributed by atoms with Crippen molar-refractivity contribution < 1.29 is 0 Å². The van der Waals surface area contributed by atoms with Crippen LogP contribution >= 0.6 is 0 Å². The third-order valence-corrected chi connectivity index (χ3v) is 7.68. The van der Waals surface area contributed by atoms with Gasteiger partial charge < -0.3 is 20.6 Å². The van der Waals surface area contributed by atoms with Crippen LogP contribution < -0.4 is 10.6 Å². The number of hydrogen-bond acceptors (Lipinski definition) is 4. The molecule has 7 rings (SSSR count).